The van der Waals surface area contributed by atoms with Crippen molar-refractivity contribution in [3.05, 3.63) is 34.2 Å². The van der Waals surface area contributed by atoms with E-state index in [1.54, 1.807) is 11.3 Å². The monoisotopic (exact) mass is 287 g/mol. The van der Waals surface area contributed by atoms with Crippen molar-refractivity contribution in [1.29, 1.82) is 0 Å². The Labute approximate surface area is 121 Å². The van der Waals surface area contributed by atoms with Gasteiger partial charge in [-0.05, 0) is 24.3 Å². The number of anilines is 1. The van der Waals surface area contributed by atoms with Gasteiger partial charge in [-0.3, -0.25) is 4.79 Å². The highest BCUT2D eigenvalue weighted by Gasteiger charge is 2.32. The Balaban J connectivity index is 1.76. The van der Waals surface area contributed by atoms with Gasteiger partial charge < -0.3 is 5.32 Å². The average Bonchev–Trinajstić information content (AvgIpc) is 3.18. The van der Waals surface area contributed by atoms with Crippen molar-refractivity contribution in [2.45, 2.75) is 44.1 Å². The van der Waals surface area contributed by atoms with E-state index >= 15 is 0 Å². The fourth-order valence-electron chi connectivity index (χ4n) is 3.41. The molecule has 3 heterocycles. The summed E-state index contributed by atoms with van der Waals surface area (Å²) < 4.78 is 2.06. The molecule has 4 rings (SSSR count). The van der Waals surface area contributed by atoms with E-state index in [1.165, 1.54) is 36.1 Å². The quantitative estimate of drug-likeness (QED) is 0.918. The second-order valence-corrected chi connectivity index (χ2v) is 6.63. The van der Waals surface area contributed by atoms with Gasteiger partial charge in [0.2, 0.25) is 5.91 Å². The normalized spacial score (nSPS) is 22.8. The van der Waals surface area contributed by atoms with Gasteiger partial charge >= 0.3 is 0 Å². The zero-order valence-corrected chi connectivity index (χ0v) is 12.0. The molecule has 20 heavy (non-hydrogen) atoms. The minimum absolute atomic E-state index is 0.107. The van der Waals surface area contributed by atoms with Crippen LogP contribution in [-0.2, 0) is 4.79 Å². The third-order valence-corrected chi connectivity index (χ3v) is 5.39. The zero-order valence-electron chi connectivity index (χ0n) is 11.2. The first kappa shape index (κ1) is 12.1. The summed E-state index contributed by atoms with van der Waals surface area (Å²) in [6.07, 6.45) is 7.37. The number of fused-ring (bicyclic) bond motifs is 1. The average molecular weight is 287 g/mol. The largest absolute Gasteiger partial charge is 0.311 e. The van der Waals surface area contributed by atoms with Gasteiger partial charge in [0.1, 0.15) is 5.82 Å². The van der Waals surface area contributed by atoms with Crippen molar-refractivity contribution in [1.82, 2.24) is 9.78 Å². The third-order valence-electron chi connectivity index (χ3n) is 4.40. The van der Waals surface area contributed by atoms with E-state index in [9.17, 15) is 4.79 Å². The molecule has 1 N–H and O–H groups in total. The first-order valence-electron chi connectivity index (χ1n) is 7.23. The van der Waals surface area contributed by atoms with Crippen LogP contribution in [0.3, 0.4) is 0 Å². The molecule has 5 heteroatoms. The van der Waals surface area contributed by atoms with Crippen molar-refractivity contribution < 1.29 is 4.79 Å². The predicted octanol–water partition coefficient (Wildman–Crippen LogP) is 3.53. The molecule has 1 amide bonds. The summed E-state index contributed by atoms with van der Waals surface area (Å²) in [4.78, 5) is 13.3. The summed E-state index contributed by atoms with van der Waals surface area (Å²) in [5.41, 5.74) is 1.18. The van der Waals surface area contributed by atoms with E-state index in [4.69, 9.17) is 0 Å². The fourth-order valence-corrected chi connectivity index (χ4v) is 4.25. The SMILES string of the molecule is O=C1C[C@H](c2cccs2)c2cnn(C3CCCC3)c2N1. The molecule has 0 unspecified atom stereocenters. The Morgan fingerprint density at radius 1 is 1.35 bits per heavy atom. The van der Waals surface area contributed by atoms with Gasteiger partial charge in [0, 0.05) is 22.8 Å². The summed E-state index contributed by atoms with van der Waals surface area (Å²) in [7, 11) is 0. The Kier molecular flexibility index (Phi) is 2.88. The molecule has 2 aromatic rings. The van der Waals surface area contributed by atoms with Gasteiger partial charge in [-0.1, -0.05) is 18.9 Å². The van der Waals surface area contributed by atoms with Gasteiger partial charge in [-0.25, -0.2) is 4.68 Å². The highest BCUT2D eigenvalue weighted by Crippen LogP contribution is 2.41. The Morgan fingerprint density at radius 3 is 2.95 bits per heavy atom. The van der Waals surface area contributed by atoms with Crippen molar-refractivity contribution >= 4 is 23.1 Å². The molecule has 0 radical (unpaired) electrons. The smallest absolute Gasteiger partial charge is 0.226 e. The van der Waals surface area contributed by atoms with Crippen molar-refractivity contribution in [2.75, 3.05) is 5.32 Å². The number of amides is 1. The third kappa shape index (κ3) is 1.88. The van der Waals surface area contributed by atoms with Crippen LogP contribution in [0.25, 0.3) is 0 Å². The Bertz CT molecular complexity index is 626. The molecule has 1 saturated carbocycles. The molecular weight excluding hydrogens is 270 g/mol. The molecule has 2 aliphatic rings. The first-order valence-corrected chi connectivity index (χ1v) is 8.11. The second-order valence-electron chi connectivity index (χ2n) is 5.65. The van der Waals surface area contributed by atoms with E-state index in [1.807, 2.05) is 12.3 Å². The molecule has 2 aromatic heterocycles. The molecule has 0 spiro atoms. The van der Waals surface area contributed by atoms with Crippen LogP contribution in [0.15, 0.2) is 23.7 Å². The number of hydrogen-bond acceptors (Lipinski definition) is 3. The summed E-state index contributed by atoms with van der Waals surface area (Å²) in [6, 6.07) is 4.62. The minimum atomic E-state index is 0.107. The van der Waals surface area contributed by atoms with Gasteiger partial charge in [0.15, 0.2) is 0 Å². The molecule has 1 fully saturated rings. The standard InChI is InChI=1S/C15H17N3OS/c19-14-8-11(13-6-3-7-20-13)12-9-16-18(15(12)17-14)10-4-1-2-5-10/h3,6-7,9-11H,1-2,4-5,8H2,(H,17,19)/t11-/m0/s1. The topological polar surface area (TPSA) is 46.9 Å². The predicted molar refractivity (Wildman–Crippen MR) is 79.1 cm³/mol. The maximum atomic E-state index is 12.0. The summed E-state index contributed by atoms with van der Waals surface area (Å²) in [6.45, 7) is 0. The van der Waals surface area contributed by atoms with Gasteiger partial charge in [0.05, 0.1) is 12.2 Å². The highest BCUT2D eigenvalue weighted by molar-refractivity contribution is 7.10. The summed E-state index contributed by atoms with van der Waals surface area (Å²) in [5.74, 6) is 1.22. The van der Waals surface area contributed by atoms with Gasteiger partial charge in [0.25, 0.3) is 0 Å². The van der Waals surface area contributed by atoms with E-state index in [2.05, 4.69) is 26.5 Å². The number of nitrogens with one attached hydrogen (secondary N) is 1. The van der Waals surface area contributed by atoms with Crippen LogP contribution in [0.4, 0.5) is 5.82 Å². The lowest BCUT2D eigenvalue weighted by Crippen LogP contribution is -2.25. The van der Waals surface area contributed by atoms with Gasteiger partial charge in [-0.2, -0.15) is 5.10 Å². The van der Waals surface area contributed by atoms with E-state index in [-0.39, 0.29) is 11.8 Å². The fraction of sp³-hybridized carbons (Fsp3) is 0.467. The number of rotatable bonds is 2. The van der Waals surface area contributed by atoms with Crippen LogP contribution >= 0.6 is 11.3 Å². The molecular formula is C15H17N3OS. The number of nitrogens with zero attached hydrogens (tertiary/aromatic N) is 2. The number of aromatic nitrogens is 2. The van der Waals surface area contributed by atoms with Crippen LogP contribution in [0.5, 0.6) is 0 Å². The Hall–Kier alpha value is -1.62. The van der Waals surface area contributed by atoms with Crippen LogP contribution < -0.4 is 5.32 Å². The number of hydrogen-bond donors (Lipinski definition) is 1. The van der Waals surface area contributed by atoms with E-state index in [0.717, 1.165) is 5.82 Å². The van der Waals surface area contributed by atoms with Crippen LogP contribution in [-0.4, -0.2) is 15.7 Å². The van der Waals surface area contributed by atoms with Crippen LogP contribution in [0.2, 0.25) is 0 Å². The molecule has 104 valence electrons. The van der Waals surface area contributed by atoms with Crippen molar-refractivity contribution in [2.24, 2.45) is 0 Å². The summed E-state index contributed by atoms with van der Waals surface area (Å²) in [5, 5.41) is 9.70. The highest BCUT2D eigenvalue weighted by atomic mass is 32.1. The second kappa shape index (κ2) is 4.74. The van der Waals surface area contributed by atoms with Crippen LogP contribution in [0.1, 0.15) is 54.5 Å². The first-order chi connectivity index (χ1) is 9.83. The molecule has 0 bridgehead atoms. The van der Waals surface area contributed by atoms with Crippen LogP contribution in [0, 0.1) is 0 Å². The lowest BCUT2D eigenvalue weighted by molar-refractivity contribution is -0.116. The van der Waals surface area contributed by atoms with Gasteiger partial charge in [-0.15, -0.1) is 11.3 Å². The van der Waals surface area contributed by atoms with E-state index < -0.39 is 0 Å². The lowest BCUT2D eigenvalue weighted by atomic mass is 9.93. The van der Waals surface area contributed by atoms with E-state index in [0.29, 0.717) is 12.5 Å². The maximum absolute atomic E-state index is 12.0. The molecule has 1 aliphatic heterocycles. The molecule has 0 aromatic carbocycles. The van der Waals surface area contributed by atoms with Crippen molar-refractivity contribution in [3.63, 3.8) is 0 Å². The molecule has 1 atom stereocenters. The maximum Gasteiger partial charge on any atom is 0.226 e. The lowest BCUT2D eigenvalue weighted by Gasteiger charge is -2.24. The Morgan fingerprint density at radius 2 is 2.20 bits per heavy atom. The zero-order chi connectivity index (χ0) is 13.5. The molecule has 1 aliphatic carbocycles. The van der Waals surface area contributed by atoms with Crippen molar-refractivity contribution in [3.8, 4) is 0 Å². The summed E-state index contributed by atoms with van der Waals surface area (Å²) >= 11 is 1.72. The molecule has 0 saturated heterocycles. The number of thiophene rings is 1. The number of carbonyl (C=O) groups is 1. The molecule has 4 nitrogen and oxygen atoms in total. The number of carbonyl (C=O) groups excluding carboxylic acids is 1. The minimum Gasteiger partial charge on any atom is -0.311 e.